The van der Waals surface area contributed by atoms with Crippen LogP contribution in [0.1, 0.15) is 5.56 Å². The van der Waals surface area contributed by atoms with Crippen LogP contribution in [-0.2, 0) is 0 Å². The highest BCUT2D eigenvalue weighted by atomic mass is 79.9. The van der Waals surface area contributed by atoms with Gasteiger partial charge in [-0.3, -0.25) is 5.43 Å². The van der Waals surface area contributed by atoms with Crippen LogP contribution in [0.2, 0.25) is 5.02 Å². The molecule has 0 saturated heterocycles. The van der Waals surface area contributed by atoms with E-state index in [-0.39, 0.29) is 0 Å². The van der Waals surface area contributed by atoms with Gasteiger partial charge in [-0.05, 0) is 18.2 Å². The van der Waals surface area contributed by atoms with E-state index in [1.165, 1.54) is 11.3 Å². The van der Waals surface area contributed by atoms with Crippen molar-refractivity contribution in [3.05, 3.63) is 38.6 Å². The number of rotatable bonds is 3. The third kappa shape index (κ3) is 3.42. The Kier molecular flexibility index (Phi) is 3.98. The van der Waals surface area contributed by atoms with Gasteiger partial charge in [0.2, 0.25) is 5.13 Å². The van der Waals surface area contributed by atoms with Crippen molar-refractivity contribution in [1.29, 1.82) is 0 Å². The van der Waals surface area contributed by atoms with Crippen molar-refractivity contribution in [3.63, 3.8) is 0 Å². The van der Waals surface area contributed by atoms with E-state index >= 15 is 0 Å². The zero-order valence-corrected chi connectivity index (χ0v) is 11.7. The molecule has 0 aliphatic rings. The number of anilines is 2. The molecule has 0 atom stereocenters. The van der Waals surface area contributed by atoms with Crippen molar-refractivity contribution in [2.45, 2.75) is 0 Å². The predicted molar refractivity (Wildman–Crippen MR) is 76.9 cm³/mol. The van der Waals surface area contributed by atoms with Gasteiger partial charge in [0.25, 0.3) is 0 Å². The number of nitrogens with one attached hydrogen (secondary N) is 1. The van der Waals surface area contributed by atoms with Crippen LogP contribution in [0.15, 0.2) is 33.2 Å². The lowest BCUT2D eigenvalue weighted by Gasteiger charge is -1.98. The van der Waals surface area contributed by atoms with Gasteiger partial charge in [0.15, 0.2) is 0 Å². The Labute approximate surface area is 116 Å². The standard InChI is InChI=1S/C10H8BrClN4S/c11-8-2-1-7(12)3-6(8)4-14-16-10-15-9(13)5-17-10/h1-5H,13H2,(H,15,16). The van der Waals surface area contributed by atoms with E-state index in [0.29, 0.717) is 16.0 Å². The Morgan fingerprint density at radius 1 is 1.53 bits per heavy atom. The second-order valence-electron chi connectivity index (χ2n) is 3.11. The molecule has 0 bridgehead atoms. The number of nitrogens with zero attached hydrogens (tertiary/aromatic N) is 2. The van der Waals surface area contributed by atoms with Gasteiger partial charge < -0.3 is 5.73 Å². The van der Waals surface area contributed by atoms with Crippen LogP contribution in [0.3, 0.4) is 0 Å². The summed E-state index contributed by atoms with van der Waals surface area (Å²) in [7, 11) is 0. The molecule has 7 heteroatoms. The first-order valence-corrected chi connectivity index (χ1v) is 6.65. The highest BCUT2D eigenvalue weighted by Gasteiger charge is 1.98. The Balaban J connectivity index is 2.07. The van der Waals surface area contributed by atoms with E-state index in [1.54, 1.807) is 17.7 Å². The Hall–Kier alpha value is -1.11. The van der Waals surface area contributed by atoms with Crippen LogP contribution in [0.4, 0.5) is 10.9 Å². The largest absolute Gasteiger partial charge is 0.383 e. The van der Waals surface area contributed by atoms with Crippen molar-refractivity contribution in [3.8, 4) is 0 Å². The number of hydrogen-bond donors (Lipinski definition) is 2. The average Bonchev–Trinajstić information content (AvgIpc) is 2.69. The molecule has 1 aromatic heterocycles. The van der Waals surface area contributed by atoms with E-state index in [2.05, 4.69) is 31.4 Å². The number of benzene rings is 1. The molecule has 0 fully saturated rings. The summed E-state index contributed by atoms with van der Waals surface area (Å²) in [5.41, 5.74) is 9.17. The first kappa shape index (κ1) is 12.3. The molecule has 2 aromatic rings. The summed E-state index contributed by atoms with van der Waals surface area (Å²) < 4.78 is 0.922. The van der Waals surface area contributed by atoms with Crippen LogP contribution >= 0.6 is 38.9 Å². The molecule has 0 aliphatic carbocycles. The lowest BCUT2D eigenvalue weighted by Crippen LogP contribution is -1.91. The van der Waals surface area contributed by atoms with E-state index < -0.39 is 0 Å². The molecule has 0 unspecified atom stereocenters. The molecule has 17 heavy (non-hydrogen) atoms. The van der Waals surface area contributed by atoms with E-state index in [0.717, 1.165) is 10.0 Å². The van der Waals surface area contributed by atoms with Gasteiger partial charge >= 0.3 is 0 Å². The summed E-state index contributed by atoms with van der Waals surface area (Å²) in [6.45, 7) is 0. The first-order chi connectivity index (χ1) is 8.15. The molecule has 1 heterocycles. The lowest BCUT2D eigenvalue weighted by atomic mass is 10.2. The molecule has 4 nitrogen and oxygen atoms in total. The van der Waals surface area contributed by atoms with Crippen LogP contribution in [0.5, 0.6) is 0 Å². The summed E-state index contributed by atoms with van der Waals surface area (Å²) in [4.78, 5) is 4.02. The minimum Gasteiger partial charge on any atom is -0.383 e. The van der Waals surface area contributed by atoms with Crippen molar-refractivity contribution < 1.29 is 0 Å². The molecule has 0 amide bonds. The minimum absolute atomic E-state index is 0.483. The van der Waals surface area contributed by atoms with Crippen LogP contribution in [0.25, 0.3) is 0 Å². The molecule has 0 saturated carbocycles. The smallest absolute Gasteiger partial charge is 0.205 e. The van der Waals surface area contributed by atoms with Gasteiger partial charge in [0.1, 0.15) is 5.82 Å². The Bertz CT molecular complexity index is 555. The molecule has 0 spiro atoms. The van der Waals surface area contributed by atoms with Crippen molar-refractivity contribution in [2.75, 3.05) is 11.2 Å². The fourth-order valence-electron chi connectivity index (χ4n) is 1.11. The topological polar surface area (TPSA) is 63.3 Å². The SMILES string of the molecule is Nc1csc(NN=Cc2cc(Cl)ccc2Br)n1. The number of thiazole rings is 1. The highest BCUT2D eigenvalue weighted by molar-refractivity contribution is 9.10. The second-order valence-corrected chi connectivity index (χ2v) is 5.26. The average molecular weight is 332 g/mol. The fraction of sp³-hybridized carbons (Fsp3) is 0. The molecule has 2 rings (SSSR count). The number of nitrogens with two attached hydrogens (primary N) is 1. The van der Waals surface area contributed by atoms with Gasteiger partial charge in [-0.1, -0.05) is 27.5 Å². The Morgan fingerprint density at radius 3 is 3.06 bits per heavy atom. The monoisotopic (exact) mass is 330 g/mol. The number of hydrogen-bond acceptors (Lipinski definition) is 5. The predicted octanol–water partition coefficient (Wildman–Crippen LogP) is 3.59. The zero-order chi connectivity index (χ0) is 12.3. The van der Waals surface area contributed by atoms with Crippen LogP contribution < -0.4 is 11.2 Å². The minimum atomic E-state index is 0.483. The highest BCUT2D eigenvalue weighted by Crippen LogP contribution is 2.20. The number of aromatic nitrogens is 1. The molecular weight excluding hydrogens is 324 g/mol. The van der Waals surface area contributed by atoms with Gasteiger partial charge in [0, 0.05) is 20.4 Å². The molecule has 3 N–H and O–H groups in total. The van der Waals surface area contributed by atoms with Gasteiger partial charge in [-0.15, -0.1) is 11.3 Å². The van der Waals surface area contributed by atoms with Crippen LogP contribution in [-0.4, -0.2) is 11.2 Å². The first-order valence-electron chi connectivity index (χ1n) is 4.60. The molecule has 88 valence electrons. The van der Waals surface area contributed by atoms with E-state index in [9.17, 15) is 0 Å². The van der Waals surface area contributed by atoms with Crippen molar-refractivity contribution in [2.24, 2.45) is 5.10 Å². The van der Waals surface area contributed by atoms with Crippen molar-refractivity contribution >= 4 is 56.0 Å². The molecule has 0 aliphatic heterocycles. The second kappa shape index (κ2) is 5.48. The maximum atomic E-state index is 5.89. The van der Waals surface area contributed by atoms with Crippen LogP contribution in [0, 0.1) is 0 Å². The van der Waals surface area contributed by atoms with Gasteiger partial charge in [-0.2, -0.15) is 5.10 Å². The van der Waals surface area contributed by atoms with Crippen molar-refractivity contribution in [1.82, 2.24) is 4.98 Å². The summed E-state index contributed by atoms with van der Waals surface area (Å²) in [5, 5.41) is 7.11. The normalized spacial score (nSPS) is 10.9. The maximum Gasteiger partial charge on any atom is 0.205 e. The maximum absolute atomic E-state index is 5.89. The van der Waals surface area contributed by atoms with E-state index in [1.807, 2.05) is 12.1 Å². The third-order valence-electron chi connectivity index (χ3n) is 1.84. The summed E-state index contributed by atoms with van der Waals surface area (Å²) in [6.07, 6.45) is 1.66. The summed E-state index contributed by atoms with van der Waals surface area (Å²) in [5.74, 6) is 0.483. The van der Waals surface area contributed by atoms with Gasteiger partial charge in [0.05, 0.1) is 6.21 Å². The summed E-state index contributed by atoms with van der Waals surface area (Å²) in [6, 6.07) is 5.48. The quantitative estimate of drug-likeness (QED) is 0.667. The van der Waals surface area contributed by atoms with E-state index in [4.69, 9.17) is 17.3 Å². The molecular formula is C10H8BrClN4S. The Morgan fingerprint density at radius 2 is 2.35 bits per heavy atom. The summed E-state index contributed by atoms with van der Waals surface area (Å²) >= 11 is 10.7. The number of halogens is 2. The molecule has 0 radical (unpaired) electrons. The van der Waals surface area contributed by atoms with Gasteiger partial charge in [-0.25, -0.2) is 4.98 Å². The molecule has 1 aromatic carbocycles. The lowest BCUT2D eigenvalue weighted by molar-refractivity contribution is 1.29. The number of hydrazone groups is 1. The zero-order valence-electron chi connectivity index (χ0n) is 8.52. The third-order valence-corrected chi connectivity index (χ3v) is 3.57. The number of nitrogen functional groups attached to an aromatic ring is 1. The fourth-order valence-corrected chi connectivity index (χ4v) is 2.19.